The van der Waals surface area contributed by atoms with E-state index in [0.29, 0.717) is 55.5 Å². The molecule has 1 amide bonds. The van der Waals surface area contributed by atoms with Crippen LogP contribution in [-0.4, -0.2) is 59.8 Å². The van der Waals surface area contributed by atoms with Crippen LogP contribution in [0.25, 0.3) is 11.0 Å². The van der Waals surface area contributed by atoms with Gasteiger partial charge in [-0.3, -0.25) is 4.79 Å². The van der Waals surface area contributed by atoms with Gasteiger partial charge in [0.2, 0.25) is 11.8 Å². The van der Waals surface area contributed by atoms with E-state index in [9.17, 15) is 9.18 Å². The molecule has 0 aromatic carbocycles. The normalized spacial score (nSPS) is 19.1. The molecule has 0 spiro atoms. The van der Waals surface area contributed by atoms with Crippen molar-refractivity contribution in [1.82, 2.24) is 19.8 Å². The zero-order chi connectivity index (χ0) is 19.0. The van der Waals surface area contributed by atoms with Crippen LogP contribution in [0.5, 0.6) is 5.88 Å². The van der Waals surface area contributed by atoms with Gasteiger partial charge in [0.1, 0.15) is 10.7 Å². The monoisotopic (exact) mass is 396 g/mol. The molecule has 1 unspecified atom stereocenters. The lowest BCUT2D eigenvalue weighted by atomic mass is 10.1. The fourth-order valence-electron chi connectivity index (χ4n) is 3.50. The second-order valence-corrected chi connectivity index (χ2v) is 7.25. The fraction of sp³-hybridized carbons (Fsp3) is 0.556. The molecule has 1 saturated heterocycles. The van der Waals surface area contributed by atoms with E-state index in [1.807, 2.05) is 0 Å². The minimum atomic E-state index is -0.383. The van der Waals surface area contributed by atoms with Gasteiger partial charge in [0.05, 0.1) is 44.4 Å². The highest BCUT2D eigenvalue weighted by Crippen LogP contribution is 2.33. The minimum Gasteiger partial charge on any atom is -0.480 e. The Morgan fingerprint density at radius 2 is 2.30 bits per heavy atom. The molecular weight excluding hydrogens is 375 g/mol. The zero-order valence-corrected chi connectivity index (χ0v) is 15.9. The van der Waals surface area contributed by atoms with Crippen LogP contribution < -0.4 is 10.1 Å². The number of carbonyl (C=O) groups excluding carboxylic acids is 1. The molecule has 2 aliphatic rings. The number of nitrogens with one attached hydrogen (secondary N) is 1. The summed E-state index contributed by atoms with van der Waals surface area (Å²) in [5, 5.41) is 3.86. The Kier molecular flexibility index (Phi) is 5.21. The Morgan fingerprint density at radius 1 is 1.48 bits per heavy atom. The molecule has 1 N–H and O–H groups in total. The van der Waals surface area contributed by atoms with Crippen LogP contribution in [0.3, 0.4) is 0 Å². The lowest BCUT2D eigenvalue weighted by Crippen LogP contribution is -2.46. The number of pyridine rings is 1. The number of aromatic nitrogens is 2. The van der Waals surface area contributed by atoms with Crippen LogP contribution in [0.2, 0.25) is 5.02 Å². The van der Waals surface area contributed by atoms with Crippen molar-refractivity contribution in [3.8, 4) is 5.88 Å². The summed E-state index contributed by atoms with van der Waals surface area (Å²) >= 11 is 6.08. The molecular formula is C18H22ClFN4O3. The lowest BCUT2D eigenvalue weighted by Gasteiger charge is -2.29. The largest absolute Gasteiger partial charge is 0.480 e. The Labute approximate surface area is 161 Å². The molecule has 2 aromatic rings. The van der Waals surface area contributed by atoms with Gasteiger partial charge >= 0.3 is 0 Å². The Bertz CT molecular complexity index is 868. The van der Waals surface area contributed by atoms with E-state index >= 15 is 0 Å². The first kappa shape index (κ1) is 18.5. The van der Waals surface area contributed by atoms with Gasteiger partial charge in [0.15, 0.2) is 5.82 Å². The molecule has 7 nitrogen and oxygen atoms in total. The molecule has 4 heterocycles. The summed E-state index contributed by atoms with van der Waals surface area (Å²) in [6.07, 6.45) is 1.42. The van der Waals surface area contributed by atoms with Crippen LogP contribution >= 0.6 is 11.6 Å². The summed E-state index contributed by atoms with van der Waals surface area (Å²) in [5.74, 6) is -0.149. The maximum absolute atomic E-state index is 14.9. The highest BCUT2D eigenvalue weighted by Gasteiger charge is 2.28. The molecule has 1 fully saturated rings. The molecule has 27 heavy (non-hydrogen) atoms. The third kappa shape index (κ3) is 3.49. The van der Waals surface area contributed by atoms with E-state index in [-0.39, 0.29) is 29.2 Å². The van der Waals surface area contributed by atoms with Crippen LogP contribution in [0, 0.1) is 5.82 Å². The first-order valence-corrected chi connectivity index (χ1v) is 9.46. The van der Waals surface area contributed by atoms with Crippen molar-refractivity contribution in [3.63, 3.8) is 0 Å². The summed E-state index contributed by atoms with van der Waals surface area (Å²) in [7, 11) is 1.47. The SMILES string of the molecule is COc1nc2c(cc1Cl)c(F)c1n2CCN(C(=O)CCOCC2CCN2)C1. The van der Waals surface area contributed by atoms with Gasteiger partial charge in [0.25, 0.3) is 0 Å². The summed E-state index contributed by atoms with van der Waals surface area (Å²) in [6, 6.07) is 1.94. The number of nitrogens with zero attached hydrogens (tertiary/aromatic N) is 3. The number of ether oxygens (including phenoxy) is 2. The van der Waals surface area contributed by atoms with Crippen LogP contribution in [0.4, 0.5) is 4.39 Å². The topological polar surface area (TPSA) is 68.6 Å². The van der Waals surface area contributed by atoms with Crippen molar-refractivity contribution in [2.75, 3.05) is 33.4 Å². The maximum atomic E-state index is 14.9. The molecule has 2 aromatic heterocycles. The molecule has 0 radical (unpaired) electrons. The van der Waals surface area contributed by atoms with E-state index in [4.69, 9.17) is 21.1 Å². The number of fused-ring (bicyclic) bond motifs is 3. The first-order valence-electron chi connectivity index (χ1n) is 9.08. The molecule has 0 aliphatic carbocycles. The van der Waals surface area contributed by atoms with Gasteiger partial charge in [0, 0.05) is 19.1 Å². The van der Waals surface area contributed by atoms with Crippen molar-refractivity contribution in [2.45, 2.75) is 32.0 Å². The van der Waals surface area contributed by atoms with Gasteiger partial charge in [-0.25, -0.2) is 4.39 Å². The van der Waals surface area contributed by atoms with E-state index in [1.54, 1.807) is 9.47 Å². The minimum absolute atomic E-state index is 0.0314. The van der Waals surface area contributed by atoms with Crippen LogP contribution in [0.1, 0.15) is 18.5 Å². The maximum Gasteiger partial charge on any atom is 0.234 e. The molecule has 0 saturated carbocycles. The number of rotatable bonds is 6. The third-order valence-electron chi connectivity index (χ3n) is 5.18. The van der Waals surface area contributed by atoms with E-state index in [1.165, 1.54) is 13.2 Å². The van der Waals surface area contributed by atoms with Crippen molar-refractivity contribution >= 4 is 28.5 Å². The van der Waals surface area contributed by atoms with Gasteiger partial charge in [-0.1, -0.05) is 11.6 Å². The first-order chi connectivity index (χ1) is 13.1. The number of hydrogen-bond donors (Lipinski definition) is 1. The van der Waals surface area contributed by atoms with Crippen molar-refractivity contribution in [3.05, 3.63) is 22.6 Å². The summed E-state index contributed by atoms with van der Waals surface area (Å²) in [4.78, 5) is 18.5. The average molecular weight is 397 g/mol. The van der Waals surface area contributed by atoms with E-state index < -0.39 is 0 Å². The highest BCUT2D eigenvalue weighted by molar-refractivity contribution is 6.32. The average Bonchev–Trinajstić information content (AvgIpc) is 2.90. The van der Waals surface area contributed by atoms with E-state index in [2.05, 4.69) is 10.3 Å². The van der Waals surface area contributed by atoms with Crippen LogP contribution in [0.15, 0.2) is 6.07 Å². The fourth-order valence-corrected chi connectivity index (χ4v) is 3.73. The van der Waals surface area contributed by atoms with Gasteiger partial charge in [-0.15, -0.1) is 0 Å². The van der Waals surface area contributed by atoms with Gasteiger partial charge in [-0.2, -0.15) is 4.98 Å². The Morgan fingerprint density at radius 3 is 3.00 bits per heavy atom. The number of hydrogen-bond acceptors (Lipinski definition) is 5. The Balaban J connectivity index is 1.44. The molecule has 1 atom stereocenters. The number of carbonyl (C=O) groups is 1. The smallest absolute Gasteiger partial charge is 0.234 e. The van der Waals surface area contributed by atoms with Crippen molar-refractivity contribution in [2.24, 2.45) is 0 Å². The second-order valence-electron chi connectivity index (χ2n) is 6.84. The molecule has 4 rings (SSSR count). The molecule has 2 aliphatic heterocycles. The standard InChI is InChI=1S/C18H22ClFN4O3/c1-26-18-13(19)8-12-16(20)14-9-23(5-6-24(14)17(12)22-18)15(25)3-7-27-10-11-2-4-21-11/h8,11,21H,2-7,9-10H2,1H3. The van der Waals surface area contributed by atoms with Crippen LogP contribution in [-0.2, 0) is 22.6 Å². The predicted octanol–water partition coefficient (Wildman–Crippen LogP) is 1.95. The summed E-state index contributed by atoms with van der Waals surface area (Å²) in [5.41, 5.74) is 0.938. The second kappa shape index (κ2) is 7.61. The van der Waals surface area contributed by atoms with Crippen molar-refractivity contribution < 1.29 is 18.7 Å². The molecule has 0 bridgehead atoms. The number of halogens is 2. The van der Waals surface area contributed by atoms with Gasteiger partial charge < -0.3 is 24.3 Å². The zero-order valence-electron chi connectivity index (χ0n) is 15.1. The number of methoxy groups -OCH3 is 1. The third-order valence-corrected chi connectivity index (χ3v) is 5.45. The lowest BCUT2D eigenvalue weighted by molar-refractivity contribution is -0.133. The number of amides is 1. The quantitative estimate of drug-likeness (QED) is 0.756. The summed E-state index contributed by atoms with van der Waals surface area (Å²) < 4.78 is 27.4. The predicted molar refractivity (Wildman–Crippen MR) is 98.5 cm³/mol. The highest BCUT2D eigenvalue weighted by atomic mass is 35.5. The molecule has 146 valence electrons. The summed E-state index contributed by atoms with van der Waals surface area (Å²) in [6.45, 7) is 3.24. The van der Waals surface area contributed by atoms with E-state index in [0.717, 1.165) is 13.0 Å². The van der Waals surface area contributed by atoms with Crippen molar-refractivity contribution in [1.29, 1.82) is 0 Å². The molecule has 9 heteroatoms. The van der Waals surface area contributed by atoms with Gasteiger partial charge in [-0.05, 0) is 19.0 Å². The Hall–Kier alpha value is -1.90.